The van der Waals surface area contributed by atoms with E-state index in [4.69, 9.17) is 16.3 Å². The molecule has 0 aliphatic carbocycles. The maximum Gasteiger partial charge on any atom is 0.407 e. The number of nitrogens with one attached hydrogen (secondary N) is 1. The van der Waals surface area contributed by atoms with E-state index >= 15 is 0 Å². The quantitative estimate of drug-likeness (QED) is 0.794. The maximum absolute atomic E-state index is 11.9. The summed E-state index contributed by atoms with van der Waals surface area (Å²) in [5.41, 5.74) is 0.589. The lowest BCUT2D eigenvalue weighted by Crippen LogP contribution is -2.46. The summed E-state index contributed by atoms with van der Waals surface area (Å²) in [5.74, 6) is -1.06. The highest BCUT2D eigenvalue weighted by Crippen LogP contribution is 2.35. The Morgan fingerprint density at radius 1 is 1.37 bits per heavy atom. The number of alkyl carbamates (subject to hydrolysis) is 1. The van der Waals surface area contributed by atoms with Crippen LogP contribution in [0.5, 0.6) is 0 Å². The number of rotatable bonds is 3. The predicted octanol–water partition coefficient (Wildman–Crippen LogP) is 3.54. The number of thiazole rings is 1. The molecule has 8 nitrogen and oxygen atoms in total. The zero-order valence-electron chi connectivity index (χ0n) is 15.3. The fourth-order valence-corrected chi connectivity index (χ4v) is 3.98. The minimum absolute atomic E-state index is 0.0271. The molecule has 0 bridgehead atoms. The SMILES string of the molecule is CC(C)(C)OC(=O)NC1CCN(c2c(C(=O)O)cnc3sc(Cl)nc23)CC1. The standard InChI is InChI=1S/C17H21ClN4O4S/c1-17(2,3)26-16(25)20-9-4-6-22(7-5-9)12-10(14(23)24)8-19-13-11(12)21-15(18)27-13/h8-9H,4-7H2,1-3H3,(H,20,25)(H,23,24). The van der Waals surface area contributed by atoms with Gasteiger partial charge in [0.15, 0.2) is 4.47 Å². The topological polar surface area (TPSA) is 105 Å². The van der Waals surface area contributed by atoms with Gasteiger partial charge < -0.3 is 20.1 Å². The van der Waals surface area contributed by atoms with Crippen molar-refractivity contribution in [2.45, 2.75) is 45.3 Å². The highest BCUT2D eigenvalue weighted by atomic mass is 35.5. The van der Waals surface area contributed by atoms with Crippen molar-refractivity contribution in [2.75, 3.05) is 18.0 Å². The average molecular weight is 413 g/mol. The van der Waals surface area contributed by atoms with Gasteiger partial charge in [0.05, 0.1) is 5.69 Å². The van der Waals surface area contributed by atoms with Crippen molar-refractivity contribution >= 4 is 51.0 Å². The summed E-state index contributed by atoms with van der Waals surface area (Å²) in [5, 5.41) is 12.4. The molecule has 3 heterocycles. The maximum atomic E-state index is 11.9. The van der Waals surface area contributed by atoms with Crippen molar-refractivity contribution in [1.82, 2.24) is 15.3 Å². The molecule has 0 spiro atoms. The first kappa shape index (κ1) is 19.6. The summed E-state index contributed by atoms with van der Waals surface area (Å²) >= 11 is 7.21. The van der Waals surface area contributed by atoms with E-state index < -0.39 is 17.7 Å². The molecule has 2 aromatic rings. The number of aromatic carboxylic acids is 1. The largest absolute Gasteiger partial charge is 0.478 e. The van der Waals surface area contributed by atoms with Crippen molar-refractivity contribution in [3.8, 4) is 0 Å². The van der Waals surface area contributed by atoms with Gasteiger partial charge in [-0.15, -0.1) is 0 Å². The normalized spacial score (nSPS) is 15.8. The Hall–Kier alpha value is -2.13. The lowest BCUT2D eigenvalue weighted by Gasteiger charge is -2.34. The molecule has 1 aliphatic rings. The molecular weight excluding hydrogens is 392 g/mol. The van der Waals surface area contributed by atoms with E-state index in [9.17, 15) is 14.7 Å². The van der Waals surface area contributed by atoms with Crippen molar-refractivity contribution in [1.29, 1.82) is 0 Å². The van der Waals surface area contributed by atoms with Crippen LogP contribution in [0.2, 0.25) is 4.47 Å². The number of fused-ring (bicyclic) bond motifs is 1. The third-order valence-electron chi connectivity index (χ3n) is 4.14. The zero-order valence-corrected chi connectivity index (χ0v) is 16.9. The van der Waals surface area contributed by atoms with Crippen LogP contribution in [0, 0.1) is 0 Å². The number of amides is 1. The Balaban J connectivity index is 1.75. The molecule has 1 fully saturated rings. The number of aromatic nitrogens is 2. The number of nitrogens with zero attached hydrogens (tertiary/aromatic N) is 3. The van der Waals surface area contributed by atoms with Gasteiger partial charge >= 0.3 is 12.1 Å². The molecule has 0 unspecified atom stereocenters. The molecule has 0 saturated carbocycles. The summed E-state index contributed by atoms with van der Waals surface area (Å²) in [7, 11) is 0. The summed E-state index contributed by atoms with van der Waals surface area (Å²) in [6, 6.07) is -0.0271. The van der Waals surface area contributed by atoms with Crippen LogP contribution in [0.3, 0.4) is 0 Å². The van der Waals surface area contributed by atoms with Gasteiger partial charge in [0.2, 0.25) is 0 Å². The summed E-state index contributed by atoms with van der Waals surface area (Å²) < 4.78 is 5.61. The van der Waals surface area contributed by atoms with Gasteiger partial charge in [0.25, 0.3) is 0 Å². The summed E-state index contributed by atoms with van der Waals surface area (Å²) in [6.07, 6.45) is 2.24. The number of carboxylic acids is 1. The molecule has 1 aliphatic heterocycles. The number of carbonyl (C=O) groups excluding carboxylic acids is 1. The van der Waals surface area contributed by atoms with Gasteiger partial charge in [-0.2, -0.15) is 0 Å². The fourth-order valence-electron chi connectivity index (χ4n) is 3.04. The number of anilines is 1. The van der Waals surface area contributed by atoms with E-state index in [1.807, 2.05) is 25.7 Å². The summed E-state index contributed by atoms with van der Waals surface area (Å²) in [6.45, 7) is 6.60. The van der Waals surface area contributed by atoms with Gasteiger partial charge in [0, 0.05) is 25.3 Å². The van der Waals surface area contributed by atoms with Gasteiger partial charge in [-0.1, -0.05) is 22.9 Å². The lowest BCUT2D eigenvalue weighted by atomic mass is 10.0. The number of hydrogen-bond acceptors (Lipinski definition) is 7. The number of carbonyl (C=O) groups is 2. The first-order chi connectivity index (χ1) is 12.6. The van der Waals surface area contributed by atoms with Crippen LogP contribution in [0.1, 0.15) is 44.0 Å². The number of piperidine rings is 1. The van der Waals surface area contributed by atoms with E-state index in [1.165, 1.54) is 17.5 Å². The lowest BCUT2D eigenvalue weighted by molar-refractivity contribution is 0.0497. The smallest absolute Gasteiger partial charge is 0.407 e. The Bertz CT molecular complexity index is 872. The predicted molar refractivity (Wildman–Crippen MR) is 104 cm³/mol. The molecular formula is C17H21ClN4O4S. The molecule has 2 N–H and O–H groups in total. The monoisotopic (exact) mass is 412 g/mol. The van der Waals surface area contributed by atoms with E-state index in [1.54, 1.807) is 0 Å². The number of halogens is 1. The minimum atomic E-state index is -1.06. The van der Waals surface area contributed by atoms with Crippen LogP contribution in [0.15, 0.2) is 6.20 Å². The third kappa shape index (κ3) is 4.59. The van der Waals surface area contributed by atoms with Crippen LogP contribution in [0.4, 0.5) is 10.5 Å². The van der Waals surface area contributed by atoms with Crippen LogP contribution < -0.4 is 10.2 Å². The fraction of sp³-hybridized carbons (Fsp3) is 0.529. The number of hydrogen-bond donors (Lipinski definition) is 2. The van der Waals surface area contributed by atoms with Crippen molar-refractivity contribution in [2.24, 2.45) is 0 Å². The van der Waals surface area contributed by atoms with E-state index in [0.29, 0.717) is 46.4 Å². The second-order valence-electron chi connectivity index (χ2n) is 7.35. The van der Waals surface area contributed by atoms with Crippen LogP contribution in [-0.4, -0.2) is 51.9 Å². The summed E-state index contributed by atoms with van der Waals surface area (Å²) in [4.78, 5) is 34.6. The van der Waals surface area contributed by atoms with Crippen molar-refractivity contribution in [3.63, 3.8) is 0 Å². The van der Waals surface area contributed by atoms with E-state index in [-0.39, 0.29) is 11.6 Å². The van der Waals surface area contributed by atoms with E-state index in [2.05, 4.69) is 15.3 Å². The Labute approximate surface area is 165 Å². The molecule has 0 atom stereocenters. The number of ether oxygens (including phenoxy) is 1. The van der Waals surface area contributed by atoms with Gasteiger partial charge in [-0.3, -0.25) is 0 Å². The Morgan fingerprint density at radius 2 is 2.04 bits per heavy atom. The molecule has 1 saturated heterocycles. The second-order valence-corrected chi connectivity index (χ2v) is 8.91. The zero-order chi connectivity index (χ0) is 19.8. The van der Waals surface area contributed by atoms with Crippen LogP contribution in [-0.2, 0) is 4.74 Å². The molecule has 0 radical (unpaired) electrons. The molecule has 27 heavy (non-hydrogen) atoms. The van der Waals surface area contributed by atoms with Crippen molar-refractivity contribution < 1.29 is 19.4 Å². The second kappa shape index (κ2) is 7.47. The molecule has 2 aromatic heterocycles. The molecule has 3 rings (SSSR count). The van der Waals surface area contributed by atoms with E-state index in [0.717, 1.165) is 0 Å². The third-order valence-corrected chi connectivity index (χ3v) is 5.20. The highest BCUT2D eigenvalue weighted by molar-refractivity contribution is 7.21. The molecule has 146 valence electrons. The molecule has 10 heteroatoms. The van der Waals surface area contributed by atoms with Gasteiger partial charge in [-0.25, -0.2) is 19.6 Å². The van der Waals surface area contributed by atoms with Gasteiger partial charge in [0.1, 0.15) is 21.5 Å². The highest BCUT2D eigenvalue weighted by Gasteiger charge is 2.28. The molecule has 0 aromatic carbocycles. The minimum Gasteiger partial charge on any atom is -0.478 e. The molecule has 1 amide bonds. The average Bonchev–Trinajstić information content (AvgIpc) is 2.93. The van der Waals surface area contributed by atoms with Gasteiger partial charge in [-0.05, 0) is 33.6 Å². The first-order valence-electron chi connectivity index (χ1n) is 8.57. The first-order valence-corrected chi connectivity index (χ1v) is 9.76. The van der Waals surface area contributed by atoms with Crippen molar-refractivity contribution in [3.05, 3.63) is 16.2 Å². The Kier molecular flexibility index (Phi) is 5.43. The number of pyridine rings is 1. The van der Waals surface area contributed by atoms with Crippen LogP contribution in [0.25, 0.3) is 10.3 Å². The Morgan fingerprint density at radius 3 is 2.63 bits per heavy atom. The number of carboxylic acid groups (broad SMARTS) is 1. The van der Waals surface area contributed by atoms with Crippen LogP contribution >= 0.6 is 22.9 Å².